The fourth-order valence-corrected chi connectivity index (χ4v) is 4.22. The number of carbonyl (C=O) groups excluding carboxylic acids is 2. The molecule has 202 valence electrons. The third kappa shape index (κ3) is 6.47. The number of hydrogen-bond acceptors (Lipinski definition) is 7. The van der Waals surface area contributed by atoms with Crippen LogP contribution in [0.15, 0.2) is 67.6 Å². The number of nitrogens with zero attached hydrogens (tertiary/aromatic N) is 3. The first-order valence-electron chi connectivity index (χ1n) is 12.3. The van der Waals surface area contributed by atoms with Crippen molar-refractivity contribution >= 4 is 28.6 Å². The van der Waals surface area contributed by atoms with Crippen molar-refractivity contribution in [2.45, 2.75) is 33.0 Å². The molecule has 0 fully saturated rings. The van der Waals surface area contributed by atoms with Crippen molar-refractivity contribution < 1.29 is 23.5 Å². The molecule has 4 aromatic rings. The first kappa shape index (κ1) is 27.5. The average molecular weight is 532 g/mol. The van der Waals surface area contributed by atoms with Crippen molar-refractivity contribution in [3.05, 3.63) is 73.6 Å². The Balaban J connectivity index is 1.77. The van der Waals surface area contributed by atoms with Gasteiger partial charge in [-0.25, -0.2) is 9.97 Å². The Morgan fingerprint density at radius 1 is 1.15 bits per heavy atom. The molecule has 0 aliphatic carbocycles. The zero-order chi connectivity index (χ0) is 28.1. The number of carbonyl (C=O) groups is 2. The van der Waals surface area contributed by atoms with Crippen LogP contribution in [0.25, 0.3) is 33.3 Å². The highest BCUT2D eigenvalue weighted by Gasteiger charge is 2.19. The van der Waals surface area contributed by atoms with E-state index in [4.69, 9.17) is 15.2 Å². The molecular formula is C29H30FN5O4. The lowest BCUT2D eigenvalue weighted by molar-refractivity contribution is -0.149. The van der Waals surface area contributed by atoms with Crippen LogP contribution in [0.5, 0.6) is 5.75 Å². The number of benzene rings is 1. The van der Waals surface area contributed by atoms with Crippen molar-refractivity contribution in [3.8, 4) is 28.0 Å². The summed E-state index contributed by atoms with van der Waals surface area (Å²) < 4.78 is 26.6. The van der Waals surface area contributed by atoms with Gasteiger partial charge in [0.05, 0.1) is 7.11 Å². The molecule has 0 spiro atoms. The molecule has 0 aliphatic rings. The van der Waals surface area contributed by atoms with E-state index in [1.54, 1.807) is 35.2 Å². The van der Waals surface area contributed by atoms with Crippen LogP contribution < -0.4 is 15.8 Å². The molecule has 0 radical (unpaired) electrons. The average Bonchev–Trinajstić information content (AvgIpc) is 3.28. The van der Waals surface area contributed by atoms with E-state index in [0.29, 0.717) is 40.0 Å². The molecule has 0 aliphatic heterocycles. The van der Waals surface area contributed by atoms with Gasteiger partial charge in [-0.2, -0.15) is 4.39 Å². The highest BCUT2D eigenvalue weighted by atomic mass is 19.1. The molecule has 0 unspecified atom stereocenters. The molecular weight excluding hydrogens is 501 g/mol. The van der Waals surface area contributed by atoms with Gasteiger partial charge in [-0.1, -0.05) is 20.4 Å². The van der Waals surface area contributed by atoms with Gasteiger partial charge in [-0.05, 0) is 53.8 Å². The highest BCUT2D eigenvalue weighted by molar-refractivity contribution is 6.00. The third-order valence-corrected chi connectivity index (χ3v) is 6.05. The maximum Gasteiger partial charge on any atom is 0.324 e. The molecule has 1 atom stereocenters. The maximum atomic E-state index is 14.0. The molecule has 39 heavy (non-hydrogen) atoms. The number of nitrogens with one attached hydrogen (secondary N) is 1. The Bertz CT molecular complexity index is 1530. The zero-order valence-electron chi connectivity index (χ0n) is 22.0. The SMILES string of the molecule is C=CC(=O)Nc1cc(OC)cc(-c2cnc3c(c2)c(-c2ccnc(F)c2)cn3COC(=O)[C@@H](N)CC(C)C)c1. The Morgan fingerprint density at radius 2 is 1.95 bits per heavy atom. The quantitative estimate of drug-likeness (QED) is 0.169. The summed E-state index contributed by atoms with van der Waals surface area (Å²) in [5.74, 6) is -0.714. The van der Waals surface area contributed by atoms with Gasteiger partial charge in [0.15, 0.2) is 6.73 Å². The fraction of sp³-hybridized carbons (Fsp3) is 0.241. The second-order valence-electron chi connectivity index (χ2n) is 9.45. The number of methoxy groups -OCH3 is 1. The topological polar surface area (TPSA) is 121 Å². The molecule has 9 nitrogen and oxygen atoms in total. The summed E-state index contributed by atoms with van der Waals surface area (Å²) in [6.45, 7) is 7.33. The van der Waals surface area contributed by atoms with E-state index in [9.17, 15) is 14.0 Å². The third-order valence-electron chi connectivity index (χ3n) is 6.05. The van der Waals surface area contributed by atoms with E-state index in [2.05, 4.69) is 21.9 Å². The molecule has 3 aromatic heterocycles. The van der Waals surface area contributed by atoms with Crippen molar-refractivity contribution in [1.82, 2.24) is 14.5 Å². The van der Waals surface area contributed by atoms with E-state index in [-0.39, 0.29) is 18.6 Å². The molecule has 10 heteroatoms. The van der Waals surface area contributed by atoms with Crippen LogP contribution in [0.2, 0.25) is 0 Å². The van der Waals surface area contributed by atoms with Gasteiger partial charge in [-0.15, -0.1) is 0 Å². The number of esters is 1. The van der Waals surface area contributed by atoms with Crippen LogP contribution in [0.1, 0.15) is 20.3 Å². The van der Waals surface area contributed by atoms with Gasteiger partial charge in [0.25, 0.3) is 0 Å². The Morgan fingerprint density at radius 3 is 2.64 bits per heavy atom. The number of hydrogen-bond donors (Lipinski definition) is 2. The minimum absolute atomic E-state index is 0.113. The lowest BCUT2D eigenvalue weighted by Crippen LogP contribution is -2.33. The van der Waals surface area contributed by atoms with Gasteiger partial charge in [0, 0.05) is 52.9 Å². The largest absolute Gasteiger partial charge is 0.497 e. The minimum atomic E-state index is -0.732. The molecule has 0 saturated heterocycles. The zero-order valence-corrected chi connectivity index (χ0v) is 22.0. The number of nitrogens with two attached hydrogens (primary N) is 1. The van der Waals surface area contributed by atoms with E-state index in [1.165, 1.54) is 25.4 Å². The molecule has 0 saturated carbocycles. The summed E-state index contributed by atoms with van der Waals surface area (Å²) in [4.78, 5) is 32.6. The summed E-state index contributed by atoms with van der Waals surface area (Å²) in [6.07, 6.45) is 6.48. The number of rotatable bonds is 10. The number of amides is 1. The number of anilines is 1. The van der Waals surface area contributed by atoms with Crippen LogP contribution in [-0.4, -0.2) is 39.6 Å². The van der Waals surface area contributed by atoms with E-state index in [1.807, 2.05) is 26.0 Å². The van der Waals surface area contributed by atoms with Crippen LogP contribution in [-0.2, 0) is 21.1 Å². The molecule has 1 aromatic carbocycles. The predicted molar refractivity (Wildman–Crippen MR) is 147 cm³/mol. The van der Waals surface area contributed by atoms with Crippen LogP contribution in [0.3, 0.4) is 0 Å². The Kier molecular flexibility index (Phi) is 8.36. The van der Waals surface area contributed by atoms with Gasteiger partial charge < -0.3 is 20.5 Å². The molecule has 0 bridgehead atoms. The summed E-state index contributed by atoms with van der Waals surface area (Å²) >= 11 is 0. The lowest BCUT2D eigenvalue weighted by atomic mass is 10.0. The molecule has 1 amide bonds. The second-order valence-corrected chi connectivity index (χ2v) is 9.45. The lowest BCUT2D eigenvalue weighted by Gasteiger charge is -2.14. The van der Waals surface area contributed by atoms with E-state index in [0.717, 1.165) is 11.1 Å². The van der Waals surface area contributed by atoms with Gasteiger partial charge in [0.2, 0.25) is 11.9 Å². The fourth-order valence-electron chi connectivity index (χ4n) is 4.22. The van der Waals surface area contributed by atoms with Crippen LogP contribution in [0, 0.1) is 11.9 Å². The second kappa shape index (κ2) is 11.9. The summed E-state index contributed by atoms with van der Waals surface area (Å²) in [5.41, 5.74) is 9.73. The summed E-state index contributed by atoms with van der Waals surface area (Å²) in [6, 6.07) is 9.46. The van der Waals surface area contributed by atoms with E-state index >= 15 is 0 Å². The standard InChI is InChI=1S/C29H30FN5O4/c1-5-27(36)34-21-9-19(10-22(13-21)38-4)20-11-23-24(18-6-7-32-26(30)12-18)15-35(28(23)33-14-20)16-39-29(37)25(31)8-17(2)3/h5-7,9-15,17,25H,1,8,16,31H2,2-4H3,(H,34,36)/t25-/m0/s1. The van der Waals surface area contributed by atoms with Gasteiger partial charge in [0.1, 0.15) is 17.4 Å². The van der Waals surface area contributed by atoms with Gasteiger partial charge >= 0.3 is 5.97 Å². The molecule has 3 N–H and O–H groups in total. The van der Waals surface area contributed by atoms with Crippen LogP contribution in [0.4, 0.5) is 10.1 Å². The normalized spacial score (nSPS) is 11.8. The number of fused-ring (bicyclic) bond motifs is 1. The summed E-state index contributed by atoms with van der Waals surface area (Å²) in [5, 5.41) is 3.43. The highest BCUT2D eigenvalue weighted by Crippen LogP contribution is 2.35. The number of pyridine rings is 2. The number of aromatic nitrogens is 3. The minimum Gasteiger partial charge on any atom is -0.497 e. The monoisotopic (exact) mass is 531 g/mol. The van der Waals surface area contributed by atoms with Crippen molar-refractivity contribution in [1.29, 1.82) is 0 Å². The smallest absolute Gasteiger partial charge is 0.324 e. The maximum absolute atomic E-state index is 14.0. The van der Waals surface area contributed by atoms with Crippen LogP contribution >= 0.6 is 0 Å². The van der Waals surface area contributed by atoms with Crippen molar-refractivity contribution in [2.75, 3.05) is 12.4 Å². The first-order valence-corrected chi connectivity index (χ1v) is 12.3. The Hall–Kier alpha value is -4.57. The predicted octanol–water partition coefficient (Wildman–Crippen LogP) is 4.91. The molecule has 3 heterocycles. The van der Waals surface area contributed by atoms with E-state index < -0.39 is 18.0 Å². The Labute approximate surface area is 225 Å². The number of ether oxygens (including phenoxy) is 2. The first-order chi connectivity index (χ1) is 18.7. The summed E-state index contributed by atoms with van der Waals surface area (Å²) in [7, 11) is 1.53. The van der Waals surface area contributed by atoms with Gasteiger partial charge in [-0.3, -0.25) is 14.2 Å². The molecule has 4 rings (SSSR count). The number of halogens is 1. The van der Waals surface area contributed by atoms with Crippen molar-refractivity contribution in [3.63, 3.8) is 0 Å². The van der Waals surface area contributed by atoms with Crippen molar-refractivity contribution in [2.24, 2.45) is 11.7 Å².